The number of hydrogen-bond donors (Lipinski definition) is 2. The summed E-state index contributed by atoms with van der Waals surface area (Å²) in [5.74, 6) is 1.41. The Kier molecular flexibility index (Phi) is 5.77. The standard InChI is InChI=1S/C23H25ClN4/c1-16-9-8-14-19(24)22(16)27-21-15-20(17-10-4-2-5-11-17)26-23(28-21)25-18-12-6-3-7-13-18/h2,4-5,8-11,14-15,18H,3,6-7,12-13H2,1H3,(H2,25,26,27,28). The van der Waals surface area contributed by atoms with E-state index in [-0.39, 0.29) is 0 Å². The monoisotopic (exact) mass is 392 g/mol. The summed E-state index contributed by atoms with van der Waals surface area (Å²) in [5.41, 5.74) is 3.91. The molecule has 1 aliphatic carbocycles. The molecule has 0 unspecified atom stereocenters. The zero-order valence-corrected chi connectivity index (χ0v) is 16.8. The maximum atomic E-state index is 6.41. The molecule has 1 saturated carbocycles. The SMILES string of the molecule is Cc1cccc(Cl)c1Nc1cc(-c2ccccc2)nc(NC2CCCCC2)n1. The molecule has 0 aliphatic heterocycles. The molecule has 3 aromatic rings. The van der Waals surface area contributed by atoms with Gasteiger partial charge in [-0.05, 0) is 31.4 Å². The summed E-state index contributed by atoms with van der Waals surface area (Å²) in [7, 11) is 0. The molecule has 0 bridgehead atoms. The largest absolute Gasteiger partial charge is 0.351 e. The van der Waals surface area contributed by atoms with Gasteiger partial charge in [-0.2, -0.15) is 4.98 Å². The zero-order chi connectivity index (χ0) is 19.3. The minimum atomic E-state index is 0.440. The molecule has 0 amide bonds. The highest BCUT2D eigenvalue weighted by Gasteiger charge is 2.16. The second kappa shape index (κ2) is 8.61. The first kappa shape index (κ1) is 18.8. The van der Waals surface area contributed by atoms with Crippen LogP contribution in [0.15, 0.2) is 54.6 Å². The summed E-state index contributed by atoms with van der Waals surface area (Å²) >= 11 is 6.41. The number of nitrogens with one attached hydrogen (secondary N) is 2. The molecule has 144 valence electrons. The van der Waals surface area contributed by atoms with Crippen molar-refractivity contribution >= 4 is 29.1 Å². The van der Waals surface area contributed by atoms with Gasteiger partial charge in [-0.15, -0.1) is 0 Å². The third-order valence-corrected chi connectivity index (χ3v) is 5.52. The molecule has 1 aromatic heterocycles. The van der Waals surface area contributed by atoms with E-state index >= 15 is 0 Å². The van der Waals surface area contributed by atoms with Crippen molar-refractivity contribution in [3.8, 4) is 11.3 Å². The predicted octanol–water partition coefficient (Wildman–Crippen LogP) is 6.59. The molecule has 0 radical (unpaired) electrons. The van der Waals surface area contributed by atoms with Crippen LogP contribution in [0.1, 0.15) is 37.7 Å². The zero-order valence-electron chi connectivity index (χ0n) is 16.1. The Balaban J connectivity index is 1.69. The highest BCUT2D eigenvalue weighted by atomic mass is 35.5. The lowest BCUT2D eigenvalue weighted by Gasteiger charge is -2.23. The molecule has 1 aliphatic rings. The number of nitrogens with zero attached hydrogens (tertiary/aromatic N) is 2. The van der Waals surface area contributed by atoms with E-state index < -0.39 is 0 Å². The van der Waals surface area contributed by atoms with Crippen LogP contribution in [-0.4, -0.2) is 16.0 Å². The second-order valence-electron chi connectivity index (χ2n) is 7.36. The van der Waals surface area contributed by atoms with E-state index in [2.05, 4.69) is 22.8 Å². The molecule has 0 spiro atoms. The quantitative estimate of drug-likeness (QED) is 0.514. The van der Waals surface area contributed by atoms with Gasteiger partial charge < -0.3 is 10.6 Å². The predicted molar refractivity (Wildman–Crippen MR) is 117 cm³/mol. The Bertz CT molecular complexity index is 916. The van der Waals surface area contributed by atoms with Crippen LogP contribution < -0.4 is 10.6 Å². The molecule has 1 fully saturated rings. The van der Waals surface area contributed by atoms with E-state index in [1.165, 1.54) is 32.1 Å². The van der Waals surface area contributed by atoms with E-state index in [1.807, 2.05) is 49.4 Å². The van der Waals surface area contributed by atoms with Gasteiger partial charge in [0, 0.05) is 17.7 Å². The molecule has 4 rings (SSSR count). The van der Waals surface area contributed by atoms with Gasteiger partial charge in [-0.25, -0.2) is 4.98 Å². The Morgan fingerprint density at radius 3 is 2.46 bits per heavy atom. The molecule has 2 aromatic carbocycles. The number of aryl methyl sites for hydroxylation is 1. The van der Waals surface area contributed by atoms with Gasteiger partial charge in [0.15, 0.2) is 0 Å². The fraction of sp³-hybridized carbons (Fsp3) is 0.304. The lowest BCUT2D eigenvalue weighted by molar-refractivity contribution is 0.461. The van der Waals surface area contributed by atoms with Gasteiger partial charge >= 0.3 is 0 Å². The molecule has 28 heavy (non-hydrogen) atoms. The Labute approximate surface area is 171 Å². The van der Waals surface area contributed by atoms with Crippen LogP contribution in [0.4, 0.5) is 17.5 Å². The van der Waals surface area contributed by atoms with Crippen molar-refractivity contribution in [2.45, 2.75) is 45.1 Å². The summed E-state index contributed by atoms with van der Waals surface area (Å²) in [6.07, 6.45) is 6.19. The third-order valence-electron chi connectivity index (χ3n) is 5.21. The molecule has 4 nitrogen and oxygen atoms in total. The van der Waals surface area contributed by atoms with Crippen LogP contribution in [-0.2, 0) is 0 Å². The molecule has 5 heteroatoms. The average molecular weight is 393 g/mol. The fourth-order valence-electron chi connectivity index (χ4n) is 3.68. The van der Waals surface area contributed by atoms with Crippen molar-refractivity contribution in [2.24, 2.45) is 0 Å². The first-order valence-electron chi connectivity index (χ1n) is 9.92. The Morgan fingerprint density at radius 1 is 0.929 bits per heavy atom. The lowest BCUT2D eigenvalue weighted by atomic mass is 9.96. The van der Waals surface area contributed by atoms with E-state index in [0.29, 0.717) is 17.0 Å². The minimum absolute atomic E-state index is 0.440. The smallest absolute Gasteiger partial charge is 0.225 e. The van der Waals surface area contributed by atoms with Crippen LogP contribution >= 0.6 is 11.6 Å². The number of hydrogen-bond acceptors (Lipinski definition) is 4. The van der Waals surface area contributed by atoms with E-state index in [9.17, 15) is 0 Å². The molecular weight excluding hydrogens is 368 g/mol. The van der Waals surface area contributed by atoms with E-state index in [1.54, 1.807) is 0 Å². The third kappa shape index (κ3) is 4.45. The number of anilines is 3. The van der Waals surface area contributed by atoms with Crippen LogP contribution in [0.2, 0.25) is 5.02 Å². The number of para-hydroxylation sites is 1. The first-order valence-corrected chi connectivity index (χ1v) is 10.3. The van der Waals surface area contributed by atoms with E-state index in [0.717, 1.165) is 28.3 Å². The summed E-state index contributed by atoms with van der Waals surface area (Å²) < 4.78 is 0. The molecular formula is C23H25ClN4. The van der Waals surface area contributed by atoms with Gasteiger partial charge in [0.25, 0.3) is 0 Å². The van der Waals surface area contributed by atoms with Gasteiger partial charge in [-0.3, -0.25) is 0 Å². The van der Waals surface area contributed by atoms with Gasteiger partial charge in [-0.1, -0.05) is 73.3 Å². The minimum Gasteiger partial charge on any atom is -0.351 e. The van der Waals surface area contributed by atoms with Gasteiger partial charge in [0.1, 0.15) is 5.82 Å². The number of rotatable bonds is 5. The van der Waals surface area contributed by atoms with Crippen molar-refractivity contribution in [3.63, 3.8) is 0 Å². The van der Waals surface area contributed by atoms with Gasteiger partial charge in [0.05, 0.1) is 16.4 Å². The summed E-state index contributed by atoms with van der Waals surface area (Å²) in [6, 6.07) is 18.5. The van der Waals surface area contributed by atoms with Crippen molar-refractivity contribution in [1.29, 1.82) is 0 Å². The summed E-state index contributed by atoms with van der Waals surface area (Å²) in [5, 5.41) is 7.64. The van der Waals surface area contributed by atoms with Crippen LogP contribution in [0, 0.1) is 6.92 Å². The number of aromatic nitrogens is 2. The molecule has 0 saturated heterocycles. The maximum absolute atomic E-state index is 6.41. The van der Waals surface area contributed by atoms with Gasteiger partial charge in [0.2, 0.25) is 5.95 Å². The molecule has 0 atom stereocenters. The molecule has 1 heterocycles. The highest BCUT2D eigenvalue weighted by Crippen LogP contribution is 2.30. The number of benzene rings is 2. The van der Waals surface area contributed by atoms with Crippen molar-refractivity contribution < 1.29 is 0 Å². The maximum Gasteiger partial charge on any atom is 0.225 e. The fourth-order valence-corrected chi connectivity index (χ4v) is 3.95. The first-order chi connectivity index (χ1) is 13.7. The van der Waals surface area contributed by atoms with E-state index in [4.69, 9.17) is 21.6 Å². The van der Waals surface area contributed by atoms with Crippen molar-refractivity contribution in [2.75, 3.05) is 10.6 Å². The van der Waals surface area contributed by atoms with Crippen molar-refractivity contribution in [3.05, 3.63) is 65.2 Å². The number of halogens is 1. The van der Waals surface area contributed by atoms with Crippen molar-refractivity contribution in [1.82, 2.24) is 9.97 Å². The van der Waals surface area contributed by atoms with Crippen LogP contribution in [0.3, 0.4) is 0 Å². The average Bonchev–Trinajstić information content (AvgIpc) is 2.72. The topological polar surface area (TPSA) is 49.8 Å². The Morgan fingerprint density at radius 2 is 1.71 bits per heavy atom. The van der Waals surface area contributed by atoms with Crippen LogP contribution in [0.5, 0.6) is 0 Å². The Hall–Kier alpha value is -2.59. The lowest BCUT2D eigenvalue weighted by Crippen LogP contribution is -2.23. The normalized spacial score (nSPS) is 14.6. The molecule has 2 N–H and O–H groups in total. The highest BCUT2D eigenvalue weighted by molar-refractivity contribution is 6.33. The summed E-state index contributed by atoms with van der Waals surface area (Å²) in [4.78, 5) is 9.53. The van der Waals surface area contributed by atoms with Crippen LogP contribution in [0.25, 0.3) is 11.3 Å². The summed E-state index contributed by atoms with van der Waals surface area (Å²) in [6.45, 7) is 2.04. The second-order valence-corrected chi connectivity index (χ2v) is 7.77.